The van der Waals surface area contributed by atoms with Crippen molar-refractivity contribution in [2.75, 3.05) is 36.4 Å². The number of carbonyl (C=O) groups is 1. The third-order valence-electron chi connectivity index (χ3n) is 6.04. The van der Waals surface area contributed by atoms with Crippen molar-refractivity contribution in [1.29, 1.82) is 0 Å². The highest BCUT2D eigenvalue weighted by Crippen LogP contribution is 2.28. The summed E-state index contributed by atoms with van der Waals surface area (Å²) in [6.07, 6.45) is 5.76. The van der Waals surface area contributed by atoms with Gasteiger partial charge in [0.15, 0.2) is 0 Å². The molecule has 1 N–H and O–H groups in total. The molecular formula is C23H31N5O. The number of carbonyl (C=O) groups excluding carboxylic acids is 1. The number of aryl methyl sites for hydroxylation is 2. The summed E-state index contributed by atoms with van der Waals surface area (Å²) in [4.78, 5) is 26.1. The van der Waals surface area contributed by atoms with Crippen LogP contribution < -0.4 is 10.2 Å². The molecule has 0 bridgehead atoms. The zero-order chi connectivity index (χ0) is 20.2. The Morgan fingerprint density at radius 3 is 2.41 bits per heavy atom. The van der Waals surface area contributed by atoms with Crippen LogP contribution in [-0.2, 0) is 4.79 Å². The second-order valence-electron chi connectivity index (χ2n) is 8.37. The molecule has 29 heavy (non-hydrogen) atoms. The highest BCUT2D eigenvalue weighted by atomic mass is 16.2. The van der Waals surface area contributed by atoms with E-state index in [1.165, 1.54) is 31.2 Å². The Bertz CT molecular complexity index is 837. The summed E-state index contributed by atoms with van der Waals surface area (Å²) in [5.41, 5.74) is 2.25. The molecule has 4 rings (SSSR count). The molecule has 6 heteroatoms. The van der Waals surface area contributed by atoms with E-state index < -0.39 is 0 Å². The standard InChI is InChI=1S/C23H31N5O/c1-17-7-9-20(10-8-17)26-21-16-22(25-18(2)24-21)27-11-13-28(14-12-27)23(29)15-19-5-3-4-6-19/h7-10,16,19H,3-6,11-15H2,1-2H3,(H,24,25,26). The molecule has 6 nitrogen and oxygen atoms in total. The number of nitrogens with one attached hydrogen (secondary N) is 1. The minimum atomic E-state index is 0.331. The minimum Gasteiger partial charge on any atom is -0.353 e. The van der Waals surface area contributed by atoms with Crippen LogP contribution in [0.25, 0.3) is 0 Å². The smallest absolute Gasteiger partial charge is 0.222 e. The van der Waals surface area contributed by atoms with Gasteiger partial charge in [-0.15, -0.1) is 0 Å². The Labute approximate surface area is 173 Å². The van der Waals surface area contributed by atoms with Crippen LogP contribution in [0, 0.1) is 19.8 Å². The first-order valence-corrected chi connectivity index (χ1v) is 10.8. The fraction of sp³-hybridized carbons (Fsp3) is 0.522. The average Bonchev–Trinajstić information content (AvgIpc) is 3.22. The van der Waals surface area contributed by atoms with E-state index in [1.807, 2.05) is 17.9 Å². The van der Waals surface area contributed by atoms with Crippen molar-refractivity contribution >= 4 is 23.2 Å². The summed E-state index contributed by atoms with van der Waals surface area (Å²) >= 11 is 0. The second-order valence-corrected chi connectivity index (χ2v) is 8.37. The molecule has 0 spiro atoms. The minimum absolute atomic E-state index is 0.331. The number of aromatic nitrogens is 2. The Kier molecular flexibility index (Phi) is 5.97. The molecule has 2 aromatic rings. The number of anilines is 3. The number of piperazine rings is 1. The van der Waals surface area contributed by atoms with Crippen LogP contribution in [0.2, 0.25) is 0 Å². The number of benzene rings is 1. The predicted octanol–water partition coefficient (Wildman–Crippen LogP) is 4.07. The van der Waals surface area contributed by atoms with Gasteiger partial charge in [-0.3, -0.25) is 4.79 Å². The van der Waals surface area contributed by atoms with Crippen molar-refractivity contribution in [2.24, 2.45) is 5.92 Å². The first-order valence-electron chi connectivity index (χ1n) is 10.8. The Morgan fingerprint density at radius 2 is 1.72 bits per heavy atom. The molecule has 1 aliphatic heterocycles. The van der Waals surface area contributed by atoms with Gasteiger partial charge in [0.2, 0.25) is 5.91 Å². The van der Waals surface area contributed by atoms with Crippen molar-refractivity contribution in [1.82, 2.24) is 14.9 Å². The van der Waals surface area contributed by atoms with Gasteiger partial charge in [0, 0.05) is 44.4 Å². The van der Waals surface area contributed by atoms with Gasteiger partial charge >= 0.3 is 0 Å². The monoisotopic (exact) mass is 393 g/mol. The molecule has 0 atom stereocenters. The number of hydrogen-bond donors (Lipinski definition) is 1. The molecule has 1 amide bonds. The molecular weight excluding hydrogens is 362 g/mol. The van der Waals surface area contributed by atoms with Gasteiger partial charge in [0.05, 0.1) is 0 Å². The molecule has 154 valence electrons. The fourth-order valence-electron chi connectivity index (χ4n) is 4.34. The van der Waals surface area contributed by atoms with Crippen molar-refractivity contribution in [3.63, 3.8) is 0 Å². The van der Waals surface area contributed by atoms with E-state index in [0.29, 0.717) is 11.8 Å². The molecule has 0 unspecified atom stereocenters. The third kappa shape index (κ3) is 5.05. The first-order chi connectivity index (χ1) is 14.1. The lowest BCUT2D eigenvalue weighted by atomic mass is 10.0. The quantitative estimate of drug-likeness (QED) is 0.830. The Hall–Kier alpha value is -2.63. The van der Waals surface area contributed by atoms with E-state index in [9.17, 15) is 4.79 Å². The van der Waals surface area contributed by atoms with Crippen molar-refractivity contribution in [2.45, 2.75) is 46.0 Å². The lowest BCUT2D eigenvalue weighted by molar-refractivity contribution is -0.132. The molecule has 2 aliphatic rings. The van der Waals surface area contributed by atoms with Gasteiger partial charge in [0.1, 0.15) is 17.5 Å². The van der Waals surface area contributed by atoms with Crippen molar-refractivity contribution in [3.8, 4) is 0 Å². The maximum Gasteiger partial charge on any atom is 0.222 e. The van der Waals surface area contributed by atoms with Gasteiger partial charge in [-0.1, -0.05) is 30.5 Å². The van der Waals surface area contributed by atoms with E-state index in [1.54, 1.807) is 0 Å². The van der Waals surface area contributed by atoms with Crippen LogP contribution in [0.3, 0.4) is 0 Å². The van der Waals surface area contributed by atoms with Crippen LogP contribution in [0.1, 0.15) is 43.5 Å². The number of amides is 1. The van der Waals surface area contributed by atoms with Crippen LogP contribution in [-0.4, -0.2) is 47.0 Å². The van der Waals surface area contributed by atoms with Gasteiger partial charge in [-0.25, -0.2) is 9.97 Å². The molecule has 1 saturated heterocycles. The van der Waals surface area contributed by atoms with Crippen LogP contribution in [0.4, 0.5) is 17.3 Å². The van der Waals surface area contributed by atoms with E-state index in [-0.39, 0.29) is 0 Å². The van der Waals surface area contributed by atoms with Gasteiger partial charge in [0.25, 0.3) is 0 Å². The molecule has 1 aromatic heterocycles. The highest BCUT2D eigenvalue weighted by Gasteiger charge is 2.25. The third-order valence-corrected chi connectivity index (χ3v) is 6.04. The maximum atomic E-state index is 12.6. The first kappa shape index (κ1) is 19.7. The molecule has 1 aromatic carbocycles. The van der Waals surface area contributed by atoms with Gasteiger partial charge < -0.3 is 15.1 Å². The van der Waals surface area contributed by atoms with Crippen LogP contribution >= 0.6 is 0 Å². The topological polar surface area (TPSA) is 61.4 Å². The summed E-state index contributed by atoms with van der Waals surface area (Å²) in [5, 5.41) is 3.38. The van der Waals surface area contributed by atoms with Crippen LogP contribution in [0.15, 0.2) is 30.3 Å². The molecule has 0 radical (unpaired) electrons. The van der Waals surface area contributed by atoms with E-state index in [2.05, 4.69) is 51.4 Å². The molecule has 1 saturated carbocycles. The molecule has 2 heterocycles. The molecule has 1 aliphatic carbocycles. The fourth-order valence-corrected chi connectivity index (χ4v) is 4.34. The summed E-state index contributed by atoms with van der Waals surface area (Å²) < 4.78 is 0. The van der Waals surface area contributed by atoms with Gasteiger partial charge in [-0.05, 0) is 44.7 Å². The number of hydrogen-bond acceptors (Lipinski definition) is 5. The highest BCUT2D eigenvalue weighted by molar-refractivity contribution is 5.76. The Balaban J connectivity index is 1.37. The van der Waals surface area contributed by atoms with Crippen molar-refractivity contribution in [3.05, 3.63) is 41.7 Å². The lowest BCUT2D eigenvalue weighted by Crippen LogP contribution is -2.49. The van der Waals surface area contributed by atoms with E-state index in [4.69, 9.17) is 0 Å². The summed E-state index contributed by atoms with van der Waals surface area (Å²) in [7, 11) is 0. The normalized spacial score (nSPS) is 17.6. The summed E-state index contributed by atoms with van der Waals surface area (Å²) in [5.74, 6) is 3.42. The average molecular weight is 394 g/mol. The van der Waals surface area contributed by atoms with E-state index >= 15 is 0 Å². The predicted molar refractivity (Wildman–Crippen MR) is 117 cm³/mol. The molecule has 2 fully saturated rings. The summed E-state index contributed by atoms with van der Waals surface area (Å²) in [6, 6.07) is 10.3. The van der Waals surface area contributed by atoms with E-state index in [0.717, 1.165) is 55.7 Å². The lowest BCUT2D eigenvalue weighted by Gasteiger charge is -2.36. The second kappa shape index (κ2) is 8.80. The maximum absolute atomic E-state index is 12.6. The zero-order valence-electron chi connectivity index (χ0n) is 17.5. The van der Waals surface area contributed by atoms with Gasteiger partial charge in [-0.2, -0.15) is 0 Å². The largest absolute Gasteiger partial charge is 0.353 e. The number of nitrogens with zero attached hydrogens (tertiary/aromatic N) is 4. The summed E-state index contributed by atoms with van der Waals surface area (Å²) in [6.45, 7) is 7.18. The number of rotatable bonds is 5. The van der Waals surface area contributed by atoms with Crippen LogP contribution in [0.5, 0.6) is 0 Å². The van der Waals surface area contributed by atoms with Crippen molar-refractivity contribution < 1.29 is 4.79 Å². The zero-order valence-corrected chi connectivity index (χ0v) is 17.5. The Morgan fingerprint density at radius 1 is 1.03 bits per heavy atom. The SMILES string of the molecule is Cc1ccc(Nc2cc(N3CCN(C(=O)CC4CCCC4)CC3)nc(C)n2)cc1.